The summed E-state index contributed by atoms with van der Waals surface area (Å²) in [5, 5.41) is 10.4. The number of piperidine rings is 1. The second kappa shape index (κ2) is 7.24. The molecule has 1 aromatic heterocycles. The molecule has 124 valence electrons. The highest BCUT2D eigenvalue weighted by Crippen LogP contribution is 2.29. The average molecular weight is 309 g/mol. The highest BCUT2D eigenvalue weighted by Gasteiger charge is 2.40. The molecule has 1 unspecified atom stereocenters. The summed E-state index contributed by atoms with van der Waals surface area (Å²) < 4.78 is 10.5. The Morgan fingerprint density at radius 2 is 2.14 bits per heavy atom. The first-order valence-electron chi connectivity index (χ1n) is 7.91. The van der Waals surface area contributed by atoms with Crippen molar-refractivity contribution in [2.24, 2.45) is 5.41 Å². The Labute approximate surface area is 132 Å². The largest absolute Gasteiger partial charge is 0.384 e. The average Bonchev–Trinajstić information content (AvgIpc) is 2.80. The number of carbonyl (C=O) groups excluding carboxylic acids is 1. The molecule has 2 heterocycles. The molecule has 1 amide bonds. The summed E-state index contributed by atoms with van der Waals surface area (Å²) in [5.74, 6) is 0.919. The van der Waals surface area contributed by atoms with Gasteiger partial charge in [-0.05, 0) is 53.1 Å². The van der Waals surface area contributed by atoms with Crippen LogP contribution in [0.2, 0.25) is 0 Å². The second-order valence-corrected chi connectivity index (χ2v) is 6.34. The predicted octanol–water partition coefficient (Wildman–Crippen LogP) is 1.35. The third-order valence-corrected chi connectivity index (χ3v) is 4.53. The summed E-state index contributed by atoms with van der Waals surface area (Å²) in [7, 11) is 1.66. The Hall–Kier alpha value is -1.40. The highest BCUT2D eigenvalue weighted by molar-refractivity contribution is 5.83. The van der Waals surface area contributed by atoms with Crippen LogP contribution in [0.25, 0.3) is 0 Å². The molecular weight excluding hydrogens is 282 g/mol. The Kier molecular flexibility index (Phi) is 5.58. The van der Waals surface area contributed by atoms with Crippen molar-refractivity contribution in [3.05, 3.63) is 17.0 Å². The maximum atomic E-state index is 12.8. The van der Waals surface area contributed by atoms with Gasteiger partial charge >= 0.3 is 0 Å². The molecule has 0 bridgehead atoms. The molecule has 1 aliphatic heterocycles. The molecule has 0 aliphatic carbocycles. The first kappa shape index (κ1) is 17.0. The molecule has 1 saturated heterocycles. The van der Waals surface area contributed by atoms with E-state index >= 15 is 0 Å². The number of ether oxygens (including phenoxy) is 1. The van der Waals surface area contributed by atoms with E-state index < -0.39 is 5.41 Å². The molecule has 22 heavy (non-hydrogen) atoms. The van der Waals surface area contributed by atoms with Crippen LogP contribution < -0.4 is 10.6 Å². The highest BCUT2D eigenvalue weighted by atomic mass is 16.5. The fourth-order valence-corrected chi connectivity index (χ4v) is 3.15. The van der Waals surface area contributed by atoms with Gasteiger partial charge in [0.15, 0.2) is 0 Å². The zero-order chi connectivity index (χ0) is 16.2. The lowest BCUT2D eigenvalue weighted by atomic mass is 9.78. The van der Waals surface area contributed by atoms with Crippen molar-refractivity contribution in [3.63, 3.8) is 0 Å². The van der Waals surface area contributed by atoms with Gasteiger partial charge in [0.2, 0.25) is 5.91 Å². The van der Waals surface area contributed by atoms with Crippen LogP contribution >= 0.6 is 0 Å². The van der Waals surface area contributed by atoms with Gasteiger partial charge in [0.25, 0.3) is 0 Å². The smallest absolute Gasteiger partial charge is 0.228 e. The van der Waals surface area contributed by atoms with Gasteiger partial charge in [-0.3, -0.25) is 4.79 Å². The molecule has 1 aliphatic rings. The van der Waals surface area contributed by atoms with E-state index in [2.05, 4.69) is 15.8 Å². The fourth-order valence-electron chi connectivity index (χ4n) is 3.15. The monoisotopic (exact) mass is 309 g/mol. The quantitative estimate of drug-likeness (QED) is 0.829. The molecule has 1 atom stereocenters. The normalized spacial score (nSPS) is 18.9. The van der Waals surface area contributed by atoms with Crippen molar-refractivity contribution in [2.75, 3.05) is 26.8 Å². The topological polar surface area (TPSA) is 76.4 Å². The summed E-state index contributed by atoms with van der Waals surface area (Å²) in [6.45, 7) is 8.04. The van der Waals surface area contributed by atoms with Gasteiger partial charge < -0.3 is 19.9 Å². The Bertz CT molecular complexity index is 482. The number of hydrogen-bond acceptors (Lipinski definition) is 5. The van der Waals surface area contributed by atoms with Crippen molar-refractivity contribution in [1.29, 1.82) is 0 Å². The van der Waals surface area contributed by atoms with E-state index in [-0.39, 0.29) is 11.9 Å². The molecule has 6 heteroatoms. The maximum absolute atomic E-state index is 12.8. The summed E-state index contributed by atoms with van der Waals surface area (Å²) in [6.07, 6.45) is 2.35. The molecule has 2 rings (SSSR count). The van der Waals surface area contributed by atoms with E-state index in [0.717, 1.165) is 49.4 Å². The van der Waals surface area contributed by atoms with Gasteiger partial charge in [0.05, 0.1) is 17.7 Å². The zero-order valence-corrected chi connectivity index (χ0v) is 14.0. The summed E-state index contributed by atoms with van der Waals surface area (Å²) in [6, 6.07) is 0.0351. The Balaban J connectivity index is 2.00. The van der Waals surface area contributed by atoms with Crippen molar-refractivity contribution < 1.29 is 14.1 Å². The predicted molar refractivity (Wildman–Crippen MR) is 83.7 cm³/mol. The Morgan fingerprint density at radius 1 is 1.45 bits per heavy atom. The number of methoxy groups -OCH3 is 1. The molecule has 0 saturated carbocycles. The molecule has 0 spiro atoms. The second-order valence-electron chi connectivity index (χ2n) is 6.34. The van der Waals surface area contributed by atoms with Gasteiger partial charge in [0.1, 0.15) is 5.76 Å². The molecule has 1 fully saturated rings. The Morgan fingerprint density at radius 3 is 2.68 bits per heavy atom. The van der Waals surface area contributed by atoms with Gasteiger partial charge in [-0.2, -0.15) is 0 Å². The van der Waals surface area contributed by atoms with E-state index in [1.54, 1.807) is 7.11 Å². The molecule has 2 N–H and O–H groups in total. The third kappa shape index (κ3) is 3.67. The minimum atomic E-state index is -0.410. The van der Waals surface area contributed by atoms with Gasteiger partial charge in [-0.25, -0.2) is 0 Å². The minimum Gasteiger partial charge on any atom is -0.384 e. The van der Waals surface area contributed by atoms with Gasteiger partial charge in [-0.15, -0.1) is 0 Å². The molecule has 0 aromatic carbocycles. The first-order chi connectivity index (χ1) is 10.5. The summed E-state index contributed by atoms with van der Waals surface area (Å²) >= 11 is 0. The molecule has 6 nitrogen and oxygen atoms in total. The van der Waals surface area contributed by atoms with Crippen LogP contribution in [0.15, 0.2) is 4.52 Å². The van der Waals surface area contributed by atoms with Crippen molar-refractivity contribution in [2.45, 2.75) is 46.1 Å². The number of amides is 1. The molecular formula is C16H27N3O3. The summed E-state index contributed by atoms with van der Waals surface area (Å²) in [4.78, 5) is 12.8. The number of rotatable bonds is 6. The van der Waals surface area contributed by atoms with E-state index in [4.69, 9.17) is 9.26 Å². The van der Waals surface area contributed by atoms with Crippen LogP contribution in [0.1, 0.15) is 36.8 Å². The van der Waals surface area contributed by atoms with Gasteiger partial charge in [0, 0.05) is 18.7 Å². The molecule has 0 radical (unpaired) electrons. The number of aromatic nitrogens is 1. The minimum absolute atomic E-state index is 0.0351. The standard InChI is InChI=1S/C16H27N3O3/c1-11(9-14-12(2)19-22-13(14)3)18-15(20)16(10-21-4)5-7-17-8-6-16/h11,17H,5-10H2,1-4H3,(H,18,20). The van der Waals surface area contributed by atoms with Crippen molar-refractivity contribution >= 4 is 5.91 Å². The zero-order valence-electron chi connectivity index (χ0n) is 14.0. The van der Waals surface area contributed by atoms with Crippen molar-refractivity contribution in [1.82, 2.24) is 15.8 Å². The van der Waals surface area contributed by atoms with Crippen LogP contribution in [-0.4, -0.2) is 43.9 Å². The number of nitrogens with one attached hydrogen (secondary N) is 2. The SMILES string of the molecule is COCC1(C(=O)NC(C)Cc2c(C)noc2C)CCNCC1. The first-order valence-corrected chi connectivity index (χ1v) is 7.91. The third-order valence-electron chi connectivity index (χ3n) is 4.53. The number of aryl methyl sites for hydroxylation is 2. The van der Waals surface area contributed by atoms with Crippen LogP contribution in [0.4, 0.5) is 0 Å². The lowest BCUT2D eigenvalue weighted by Crippen LogP contribution is -2.52. The maximum Gasteiger partial charge on any atom is 0.228 e. The van der Waals surface area contributed by atoms with E-state index in [9.17, 15) is 4.79 Å². The number of carbonyl (C=O) groups is 1. The van der Waals surface area contributed by atoms with Crippen LogP contribution in [0, 0.1) is 19.3 Å². The van der Waals surface area contributed by atoms with E-state index in [1.165, 1.54) is 0 Å². The van der Waals surface area contributed by atoms with E-state index in [1.807, 2.05) is 20.8 Å². The van der Waals surface area contributed by atoms with Crippen LogP contribution in [-0.2, 0) is 16.0 Å². The number of nitrogens with zero attached hydrogens (tertiary/aromatic N) is 1. The van der Waals surface area contributed by atoms with E-state index in [0.29, 0.717) is 6.61 Å². The van der Waals surface area contributed by atoms with Crippen LogP contribution in [0.5, 0.6) is 0 Å². The molecule has 1 aromatic rings. The van der Waals surface area contributed by atoms with Crippen LogP contribution in [0.3, 0.4) is 0 Å². The number of hydrogen-bond donors (Lipinski definition) is 2. The lowest BCUT2D eigenvalue weighted by molar-refractivity contribution is -0.136. The van der Waals surface area contributed by atoms with Gasteiger partial charge in [-0.1, -0.05) is 5.16 Å². The van der Waals surface area contributed by atoms with Crippen molar-refractivity contribution in [3.8, 4) is 0 Å². The lowest BCUT2D eigenvalue weighted by Gasteiger charge is -2.36. The fraction of sp³-hybridized carbons (Fsp3) is 0.750. The summed E-state index contributed by atoms with van der Waals surface area (Å²) in [5.41, 5.74) is 1.57.